The van der Waals surface area contributed by atoms with Crippen LogP contribution in [0.2, 0.25) is 0 Å². The first-order valence-electron chi connectivity index (χ1n) is 5.37. The highest BCUT2D eigenvalue weighted by Crippen LogP contribution is 2.21. The number of carboxylic acids is 1. The molecule has 2 rings (SSSR count). The Morgan fingerprint density at radius 1 is 1.50 bits per heavy atom. The summed E-state index contributed by atoms with van der Waals surface area (Å²) in [4.78, 5) is 10.4. The first kappa shape index (κ1) is 14.0. The number of aromatic nitrogens is 4. The fourth-order valence-corrected chi connectivity index (χ4v) is 2.92. The Hall–Kier alpha value is -2.43. The maximum atomic E-state index is 12.1. The van der Waals surface area contributed by atoms with E-state index in [4.69, 9.17) is 9.63 Å². The van der Waals surface area contributed by atoms with Gasteiger partial charge in [0.15, 0.2) is 16.5 Å². The monoisotopic (exact) mass is 301 g/mol. The molecule has 0 aromatic carbocycles. The Labute approximate surface area is 113 Å². The Morgan fingerprint density at radius 3 is 2.75 bits per heavy atom. The highest BCUT2D eigenvalue weighted by Gasteiger charge is 2.25. The molecular weight excluding hydrogens is 290 g/mol. The van der Waals surface area contributed by atoms with Crippen molar-refractivity contribution in [3.8, 4) is 0 Å². The lowest BCUT2D eigenvalue weighted by molar-refractivity contribution is -0.137. The van der Waals surface area contributed by atoms with Crippen molar-refractivity contribution >= 4 is 21.8 Å². The van der Waals surface area contributed by atoms with E-state index in [0.29, 0.717) is 0 Å². The molecule has 11 heteroatoms. The number of carbonyl (C=O) groups is 1. The van der Waals surface area contributed by atoms with Crippen LogP contribution in [0.3, 0.4) is 0 Å². The maximum absolute atomic E-state index is 12.1. The van der Waals surface area contributed by atoms with Gasteiger partial charge < -0.3 is 9.63 Å². The summed E-state index contributed by atoms with van der Waals surface area (Å²) in [6, 6.07) is 0. The molecule has 0 aliphatic carbocycles. The summed E-state index contributed by atoms with van der Waals surface area (Å²) in [7, 11) is -3.92. The number of nitrogens with zero attached hydrogens (tertiary/aromatic N) is 4. The summed E-state index contributed by atoms with van der Waals surface area (Å²) in [5, 5.41) is 19.2. The van der Waals surface area contributed by atoms with Crippen LogP contribution >= 0.6 is 0 Å². The van der Waals surface area contributed by atoms with Gasteiger partial charge in [0, 0.05) is 0 Å². The normalized spacial score (nSPS) is 11.5. The van der Waals surface area contributed by atoms with E-state index in [0.717, 1.165) is 4.68 Å². The Balaban J connectivity index is 2.25. The third-order valence-corrected chi connectivity index (χ3v) is 3.91. The van der Waals surface area contributed by atoms with Crippen molar-refractivity contribution in [2.24, 2.45) is 0 Å². The predicted molar refractivity (Wildman–Crippen MR) is 64.4 cm³/mol. The van der Waals surface area contributed by atoms with Crippen molar-refractivity contribution in [3.63, 3.8) is 0 Å². The average molecular weight is 301 g/mol. The molecule has 2 aromatic heterocycles. The van der Waals surface area contributed by atoms with Gasteiger partial charge in [0.25, 0.3) is 10.0 Å². The Kier molecular flexibility index (Phi) is 3.44. The van der Waals surface area contributed by atoms with Crippen molar-refractivity contribution in [2.75, 3.05) is 4.72 Å². The van der Waals surface area contributed by atoms with Crippen LogP contribution in [0.25, 0.3) is 0 Å². The van der Waals surface area contributed by atoms with E-state index in [-0.39, 0.29) is 22.2 Å². The zero-order valence-electron chi connectivity index (χ0n) is 10.6. The molecule has 0 aliphatic heterocycles. The van der Waals surface area contributed by atoms with Crippen LogP contribution in [0.5, 0.6) is 0 Å². The van der Waals surface area contributed by atoms with Crippen LogP contribution in [0, 0.1) is 13.8 Å². The first-order chi connectivity index (χ1) is 9.29. The summed E-state index contributed by atoms with van der Waals surface area (Å²) < 4.78 is 32.2. The van der Waals surface area contributed by atoms with Crippen molar-refractivity contribution in [1.82, 2.24) is 20.2 Å². The van der Waals surface area contributed by atoms with Crippen molar-refractivity contribution < 1.29 is 22.8 Å². The van der Waals surface area contributed by atoms with Crippen molar-refractivity contribution in [3.05, 3.63) is 17.7 Å². The van der Waals surface area contributed by atoms with Gasteiger partial charge in [-0.15, -0.1) is 5.10 Å². The second-order valence-electron chi connectivity index (χ2n) is 3.95. The molecule has 0 radical (unpaired) electrons. The molecule has 0 unspecified atom stereocenters. The van der Waals surface area contributed by atoms with Crippen LogP contribution in [0.1, 0.15) is 11.5 Å². The first-order valence-corrected chi connectivity index (χ1v) is 6.85. The number of hydrogen-bond acceptors (Lipinski definition) is 7. The van der Waals surface area contributed by atoms with Crippen molar-refractivity contribution in [1.29, 1.82) is 0 Å². The summed E-state index contributed by atoms with van der Waals surface area (Å²) in [6.07, 6.45) is 1.17. The lowest BCUT2D eigenvalue weighted by Crippen LogP contribution is -2.14. The van der Waals surface area contributed by atoms with Crippen LogP contribution in [0.4, 0.5) is 5.82 Å². The van der Waals surface area contributed by atoms with Gasteiger partial charge in [0.1, 0.15) is 12.2 Å². The minimum absolute atomic E-state index is 0.0784. The van der Waals surface area contributed by atoms with E-state index in [1.54, 1.807) is 0 Å². The second-order valence-corrected chi connectivity index (χ2v) is 5.57. The zero-order chi connectivity index (χ0) is 14.9. The lowest BCUT2D eigenvalue weighted by Gasteiger charge is -2.03. The number of aliphatic carboxylic acids is 1. The van der Waals surface area contributed by atoms with Gasteiger partial charge in [-0.3, -0.25) is 9.52 Å². The van der Waals surface area contributed by atoms with Crippen molar-refractivity contribution in [2.45, 2.75) is 25.3 Å². The summed E-state index contributed by atoms with van der Waals surface area (Å²) in [5.41, 5.74) is 0.216. The zero-order valence-corrected chi connectivity index (χ0v) is 11.4. The van der Waals surface area contributed by atoms with Gasteiger partial charge >= 0.3 is 5.97 Å². The maximum Gasteiger partial charge on any atom is 0.325 e. The molecule has 108 valence electrons. The van der Waals surface area contributed by atoms with Gasteiger partial charge in [-0.05, 0) is 13.8 Å². The molecule has 0 amide bonds. The second kappa shape index (κ2) is 4.92. The van der Waals surface area contributed by atoms with Gasteiger partial charge in [0.05, 0.1) is 6.20 Å². The minimum Gasteiger partial charge on any atom is -0.480 e. The quantitative estimate of drug-likeness (QED) is 0.771. The van der Waals surface area contributed by atoms with E-state index in [1.807, 2.05) is 0 Å². The highest BCUT2D eigenvalue weighted by molar-refractivity contribution is 7.92. The number of carboxylic acid groups (broad SMARTS) is 1. The van der Waals surface area contributed by atoms with Crippen LogP contribution in [-0.4, -0.2) is 39.6 Å². The summed E-state index contributed by atoms with van der Waals surface area (Å²) in [5.74, 6) is -1.06. The third kappa shape index (κ3) is 2.77. The fraction of sp³-hybridized carbons (Fsp3) is 0.333. The highest BCUT2D eigenvalue weighted by atomic mass is 32.2. The summed E-state index contributed by atoms with van der Waals surface area (Å²) in [6.45, 7) is 2.54. The molecule has 20 heavy (non-hydrogen) atoms. The average Bonchev–Trinajstić information content (AvgIpc) is 2.85. The standard InChI is InChI=1S/C9H11N5O5S/c1-5-9(6(2)19-11-5)20(17,18)12-7-3-14(13-10-7)4-8(15)16/h3,12H,4H2,1-2H3,(H,15,16). The smallest absolute Gasteiger partial charge is 0.325 e. The number of nitrogens with one attached hydrogen (secondary N) is 1. The summed E-state index contributed by atoms with van der Waals surface area (Å²) >= 11 is 0. The molecule has 10 nitrogen and oxygen atoms in total. The SMILES string of the molecule is Cc1noc(C)c1S(=O)(=O)Nc1cn(CC(=O)O)nn1. The molecule has 2 N–H and O–H groups in total. The predicted octanol–water partition coefficient (Wildman–Crippen LogP) is -0.232. The van der Waals surface area contributed by atoms with E-state index < -0.39 is 22.5 Å². The van der Waals surface area contributed by atoms with Gasteiger partial charge in [-0.1, -0.05) is 10.4 Å². The number of sulfonamides is 1. The number of aryl methyl sites for hydroxylation is 2. The van der Waals surface area contributed by atoms with Crippen LogP contribution < -0.4 is 4.72 Å². The van der Waals surface area contributed by atoms with E-state index in [2.05, 4.69) is 20.2 Å². The molecular formula is C9H11N5O5S. The largest absolute Gasteiger partial charge is 0.480 e. The Bertz CT molecular complexity index is 727. The third-order valence-electron chi connectivity index (χ3n) is 2.31. The number of anilines is 1. The molecule has 0 spiro atoms. The molecule has 2 heterocycles. The molecule has 0 aliphatic rings. The van der Waals surface area contributed by atoms with Gasteiger partial charge in [-0.2, -0.15) is 0 Å². The molecule has 0 saturated carbocycles. The van der Waals surface area contributed by atoms with E-state index in [9.17, 15) is 13.2 Å². The Morgan fingerprint density at radius 2 is 2.20 bits per heavy atom. The molecule has 0 bridgehead atoms. The minimum atomic E-state index is -3.92. The van der Waals surface area contributed by atoms with E-state index in [1.165, 1.54) is 20.0 Å². The molecule has 0 saturated heterocycles. The topological polar surface area (TPSA) is 140 Å². The molecule has 0 fully saturated rings. The van der Waals surface area contributed by atoms with Crippen LogP contribution in [0.15, 0.2) is 15.6 Å². The number of rotatable bonds is 5. The number of hydrogen-bond donors (Lipinski definition) is 2. The lowest BCUT2D eigenvalue weighted by atomic mass is 10.4. The van der Waals surface area contributed by atoms with Gasteiger partial charge in [0.2, 0.25) is 0 Å². The fourth-order valence-electron chi connectivity index (χ4n) is 1.61. The van der Waals surface area contributed by atoms with Gasteiger partial charge in [-0.25, -0.2) is 13.1 Å². The van der Waals surface area contributed by atoms with Crippen LogP contribution in [-0.2, 0) is 21.4 Å². The molecule has 2 aromatic rings. The van der Waals surface area contributed by atoms with E-state index >= 15 is 0 Å². The molecule has 0 atom stereocenters.